The van der Waals surface area contributed by atoms with Crippen LogP contribution in [0.1, 0.15) is 0 Å². The molecule has 9 heavy (non-hydrogen) atoms. The second-order valence-corrected chi connectivity index (χ2v) is 3.74. The monoisotopic (exact) mass is 218 g/mol. The molecule has 0 unspecified atom stereocenters. The summed E-state index contributed by atoms with van der Waals surface area (Å²) in [5.41, 5.74) is 0. The summed E-state index contributed by atoms with van der Waals surface area (Å²) in [5, 5.41) is 0. The fraction of sp³-hybridized carbons (Fsp3) is 0.333. The van der Waals surface area contributed by atoms with Gasteiger partial charge in [0.25, 0.3) is 0 Å². The van der Waals surface area contributed by atoms with E-state index < -0.39 is 6.72 Å². The molecule has 50 valence electrons. The van der Waals surface area contributed by atoms with E-state index >= 15 is 0 Å². The van der Waals surface area contributed by atoms with Gasteiger partial charge in [0.15, 0.2) is 0 Å². The van der Waals surface area contributed by atoms with Crippen molar-refractivity contribution in [1.82, 2.24) is 0 Å². The van der Waals surface area contributed by atoms with Gasteiger partial charge in [-0.1, -0.05) is 6.08 Å². The molecule has 0 aromatic rings. The summed E-state index contributed by atoms with van der Waals surface area (Å²) in [7, 11) is 0. The van der Waals surface area contributed by atoms with Crippen molar-refractivity contribution in [3.63, 3.8) is 0 Å². The third-order valence-corrected chi connectivity index (χ3v) is 1.16. The van der Waals surface area contributed by atoms with E-state index in [0.717, 1.165) is 0 Å². The van der Waals surface area contributed by atoms with Crippen LogP contribution in [0.5, 0.6) is 0 Å². The summed E-state index contributed by atoms with van der Waals surface area (Å²) in [4.78, 5) is 16.7. The third-order valence-electron chi connectivity index (χ3n) is 0.361. The first-order valence-electron chi connectivity index (χ1n) is 1.87. The SMILES string of the molecule is C=CCOP(O)(O)=S.[Zn]. The van der Waals surface area contributed by atoms with Gasteiger partial charge in [0.2, 0.25) is 0 Å². The second-order valence-electron chi connectivity index (χ2n) is 1.08. The Balaban J connectivity index is 0. The van der Waals surface area contributed by atoms with Crippen molar-refractivity contribution in [2.24, 2.45) is 0 Å². The second kappa shape index (κ2) is 5.66. The van der Waals surface area contributed by atoms with Crippen molar-refractivity contribution in [1.29, 1.82) is 0 Å². The van der Waals surface area contributed by atoms with Gasteiger partial charge in [-0.25, -0.2) is 0 Å². The fourth-order valence-corrected chi connectivity index (χ4v) is 0.632. The molecule has 0 atom stereocenters. The average molecular weight is 220 g/mol. The molecule has 0 amide bonds. The predicted octanol–water partition coefficient (Wildman–Crippen LogP) is 0.396. The van der Waals surface area contributed by atoms with Gasteiger partial charge in [-0.3, -0.25) is 0 Å². The molecular formula is C3H7O3PSZn. The Morgan fingerprint density at radius 3 is 2.22 bits per heavy atom. The van der Waals surface area contributed by atoms with Gasteiger partial charge in [0, 0.05) is 19.5 Å². The molecule has 0 spiro atoms. The van der Waals surface area contributed by atoms with E-state index in [-0.39, 0.29) is 26.1 Å². The average Bonchev–Trinajstić information content (AvgIpc) is 1.59. The first kappa shape index (κ1) is 12.6. The first-order chi connectivity index (χ1) is 3.56. The Morgan fingerprint density at radius 1 is 1.67 bits per heavy atom. The molecule has 0 rings (SSSR count). The van der Waals surface area contributed by atoms with Gasteiger partial charge >= 0.3 is 6.72 Å². The fourth-order valence-electron chi connectivity index (χ4n) is 0.150. The van der Waals surface area contributed by atoms with Crippen LogP contribution in [0.3, 0.4) is 0 Å². The molecule has 0 aromatic carbocycles. The zero-order chi connectivity index (χ0) is 6.62. The van der Waals surface area contributed by atoms with Crippen molar-refractivity contribution in [2.45, 2.75) is 0 Å². The Morgan fingerprint density at radius 2 is 2.11 bits per heavy atom. The topological polar surface area (TPSA) is 49.7 Å². The van der Waals surface area contributed by atoms with Crippen LogP contribution in [0.15, 0.2) is 12.7 Å². The van der Waals surface area contributed by atoms with Crippen LogP contribution in [-0.4, -0.2) is 16.4 Å². The van der Waals surface area contributed by atoms with Crippen molar-refractivity contribution >= 4 is 18.5 Å². The van der Waals surface area contributed by atoms with Crippen LogP contribution in [0.2, 0.25) is 0 Å². The maximum atomic E-state index is 8.36. The molecular weight excluding hydrogens is 212 g/mol. The van der Waals surface area contributed by atoms with E-state index in [1.165, 1.54) is 6.08 Å². The minimum absolute atomic E-state index is 0. The minimum Gasteiger partial charge on any atom is -0.325 e. The Hall–Kier alpha value is 0.893. The molecule has 2 N–H and O–H groups in total. The van der Waals surface area contributed by atoms with Crippen molar-refractivity contribution in [2.75, 3.05) is 6.61 Å². The Kier molecular flexibility index (Phi) is 7.90. The molecule has 0 heterocycles. The molecule has 0 bridgehead atoms. The quantitative estimate of drug-likeness (QED) is 0.410. The Bertz CT molecular complexity index is 122. The predicted molar refractivity (Wildman–Crippen MR) is 34.9 cm³/mol. The maximum absolute atomic E-state index is 8.36. The van der Waals surface area contributed by atoms with Crippen molar-refractivity contribution in [3.05, 3.63) is 12.7 Å². The summed E-state index contributed by atoms with van der Waals surface area (Å²) in [6, 6.07) is 0. The van der Waals surface area contributed by atoms with E-state index in [4.69, 9.17) is 9.79 Å². The molecule has 0 fully saturated rings. The van der Waals surface area contributed by atoms with Gasteiger partial charge < -0.3 is 14.3 Å². The van der Waals surface area contributed by atoms with Crippen LogP contribution in [0.4, 0.5) is 0 Å². The van der Waals surface area contributed by atoms with Crippen LogP contribution in [0, 0.1) is 0 Å². The largest absolute Gasteiger partial charge is 0.325 e. The van der Waals surface area contributed by atoms with Crippen LogP contribution < -0.4 is 0 Å². The molecule has 0 radical (unpaired) electrons. The van der Waals surface area contributed by atoms with E-state index in [9.17, 15) is 0 Å². The summed E-state index contributed by atoms with van der Waals surface area (Å²) >= 11 is 4.10. The van der Waals surface area contributed by atoms with E-state index in [1.807, 2.05) is 0 Å². The molecule has 0 saturated carbocycles. The van der Waals surface area contributed by atoms with Crippen molar-refractivity contribution < 1.29 is 33.8 Å². The molecule has 0 aliphatic rings. The van der Waals surface area contributed by atoms with Crippen LogP contribution in [-0.2, 0) is 35.8 Å². The molecule has 0 aliphatic carbocycles. The molecule has 6 heteroatoms. The number of hydrogen-bond acceptors (Lipinski definition) is 2. The summed E-state index contributed by atoms with van der Waals surface area (Å²) < 4.78 is 4.30. The molecule has 0 saturated heterocycles. The normalized spacial score (nSPS) is 10.0. The maximum Gasteiger partial charge on any atom is 0.322 e. The van der Waals surface area contributed by atoms with Crippen molar-refractivity contribution in [3.8, 4) is 0 Å². The van der Waals surface area contributed by atoms with Crippen LogP contribution in [0.25, 0.3) is 0 Å². The number of rotatable bonds is 3. The summed E-state index contributed by atoms with van der Waals surface area (Å²) in [5.74, 6) is 0. The molecule has 0 aromatic heterocycles. The van der Waals surface area contributed by atoms with Gasteiger partial charge in [-0.05, 0) is 11.8 Å². The number of hydrogen-bond donors (Lipinski definition) is 2. The standard InChI is InChI=1S/C3H7O3PS.Zn/c1-2-3-6-7(4,5)8;/h2H,1,3H2,(H2,4,5,8);. The van der Waals surface area contributed by atoms with Gasteiger partial charge in [-0.15, -0.1) is 6.58 Å². The summed E-state index contributed by atoms with van der Waals surface area (Å²) in [6.45, 7) is -0.0446. The first-order valence-corrected chi connectivity index (χ1v) is 4.50. The van der Waals surface area contributed by atoms with Gasteiger partial charge in [0.05, 0.1) is 6.61 Å². The zero-order valence-corrected chi connectivity index (χ0v) is 9.53. The third kappa shape index (κ3) is 12.2. The van der Waals surface area contributed by atoms with Crippen LogP contribution >= 0.6 is 6.72 Å². The smallest absolute Gasteiger partial charge is 0.322 e. The van der Waals surface area contributed by atoms with Gasteiger partial charge in [0.1, 0.15) is 0 Å². The van der Waals surface area contributed by atoms with E-state index in [1.54, 1.807) is 0 Å². The minimum atomic E-state index is -3.42. The van der Waals surface area contributed by atoms with E-state index in [0.29, 0.717) is 0 Å². The Labute approximate surface area is 71.7 Å². The van der Waals surface area contributed by atoms with Gasteiger partial charge in [-0.2, -0.15) is 0 Å². The zero-order valence-electron chi connectivity index (χ0n) is 4.86. The summed E-state index contributed by atoms with van der Waals surface area (Å²) in [6.07, 6.45) is 1.40. The molecule has 0 aliphatic heterocycles. The van der Waals surface area contributed by atoms with E-state index in [2.05, 4.69) is 22.9 Å². The molecule has 3 nitrogen and oxygen atoms in total.